The fraction of sp³-hybridized carbons (Fsp3) is 0.250. The van der Waals surface area contributed by atoms with E-state index in [0.717, 1.165) is 37.0 Å². The lowest BCUT2D eigenvalue weighted by Gasteiger charge is -2.16. The number of nitrogens with one attached hydrogen (secondary N) is 1. The summed E-state index contributed by atoms with van der Waals surface area (Å²) < 4.78 is 40.7. The van der Waals surface area contributed by atoms with Gasteiger partial charge < -0.3 is 9.88 Å². The molecule has 3 rings (SSSR count). The smallest absolute Gasteiger partial charge is 0.346 e. The lowest BCUT2D eigenvalue weighted by atomic mass is 10.1. The summed E-state index contributed by atoms with van der Waals surface area (Å²) in [4.78, 5) is 25.5. The van der Waals surface area contributed by atoms with Crippen LogP contribution < -0.4 is 10.7 Å². The Balaban J connectivity index is 1.95. The van der Waals surface area contributed by atoms with Gasteiger partial charge in [-0.3, -0.25) is 9.59 Å². The third-order valence-electron chi connectivity index (χ3n) is 4.96. The second-order valence-corrected chi connectivity index (χ2v) is 7.81. The molecule has 0 unspecified atom stereocenters. The van der Waals surface area contributed by atoms with Gasteiger partial charge in [0.1, 0.15) is 5.56 Å². The highest BCUT2D eigenvalue weighted by Crippen LogP contribution is 2.30. The zero-order chi connectivity index (χ0) is 23.3. The van der Waals surface area contributed by atoms with Crippen LogP contribution in [0.3, 0.4) is 0 Å². The molecule has 0 radical (unpaired) electrons. The van der Waals surface area contributed by atoms with E-state index in [9.17, 15) is 22.8 Å². The molecule has 4 nitrogen and oxygen atoms in total. The number of halogens is 4. The predicted octanol–water partition coefficient (Wildman–Crippen LogP) is 6.63. The highest BCUT2D eigenvalue weighted by atomic mass is 35.5. The first kappa shape index (κ1) is 23.6. The minimum atomic E-state index is -4.53. The molecule has 8 heteroatoms. The first-order valence-corrected chi connectivity index (χ1v) is 10.6. The van der Waals surface area contributed by atoms with Crippen molar-refractivity contribution in [3.8, 4) is 11.3 Å². The van der Waals surface area contributed by atoms with Gasteiger partial charge in [-0.25, -0.2) is 0 Å². The van der Waals surface area contributed by atoms with Gasteiger partial charge in [0.2, 0.25) is 0 Å². The molecule has 168 valence electrons. The van der Waals surface area contributed by atoms with Crippen LogP contribution in [0.4, 0.5) is 18.9 Å². The van der Waals surface area contributed by atoms with Crippen molar-refractivity contribution in [3.05, 3.63) is 87.2 Å². The van der Waals surface area contributed by atoms with Gasteiger partial charge >= 0.3 is 6.18 Å². The number of alkyl halides is 3. The molecule has 0 aliphatic heterocycles. The van der Waals surface area contributed by atoms with Crippen LogP contribution in [0.2, 0.25) is 5.02 Å². The second kappa shape index (κ2) is 10.0. The number of amides is 1. The number of carbonyl (C=O) groups excluding carboxylic acids is 1. The largest absolute Gasteiger partial charge is 0.416 e. The van der Waals surface area contributed by atoms with Crippen molar-refractivity contribution in [2.75, 3.05) is 5.32 Å². The fourth-order valence-corrected chi connectivity index (χ4v) is 3.43. The van der Waals surface area contributed by atoms with Gasteiger partial charge in [0.25, 0.3) is 5.91 Å². The average Bonchev–Trinajstić information content (AvgIpc) is 2.75. The van der Waals surface area contributed by atoms with Crippen LogP contribution in [0.15, 0.2) is 65.6 Å². The number of carbonyl (C=O) groups is 1. The highest BCUT2D eigenvalue weighted by Gasteiger charge is 2.30. The number of nitrogens with zero attached hydrogens (tertiary/aromatic N) is 1. The normalized spacial score (nSPS) is 11.4. The Morgan fingerprint density at radius 1 is 1.06 bits per heavy atom. The summed E-state index contributed by atoms with van der Waals surface area (Å²) in [5.74, 6) is -0.763. The third kappa shape index (κ3) is 5.79. The maximum Gasteiger partial charge on any atom is 0.416 e. The molecule has 3 aromatic rings. The average molecular weight is 463 g/mol. The summed E-state index contributed by atoms with van der Waals surface area (Å²) in [6, 6.07) is 12.7. The van der Waals surface area contributed by atoms with Crippen LogP contribution in [0, 0.1) is 0 Å². The van der Waals surface area contributed by atoms with Crippen LogP contribution in [-0.4, -0.2) is 10.5 Å². The maximum absolute atomic E-state index is 12.9. The zero-order valence-corrected chi connectivity index (χ0v) is 18.1. The van der Waals surface area contributed by atoms with E-state index in [-0.39, 0.29) is 11.3 Å². The van der Waals surface area contributed by atoms with E-state index >= 15 is 0 Å². The molecule has 1 aromatic heterocycles. The van der Waals surface area contributed by atoms with Gasteiger partial charge in [-0.1, -0.05) is 49.6 Å². The SMILES string of the molecule is CCCCCn1cc(C(=O)Nc2cccc(C(F)(F)F)c2)c(=O)cc1-c1ccc(Cl)cc1. The number of aromatic nitrogens is 1. The third-order valence-corrected chi connectivity index (χ3v) is 5.21. The summed E-state index contributed by atoms with van der Waals surface area (Å²) >= 11 is 5.96. The molecule has 2 aromatic carbocycles. The van der Waals surface area contributed by atoms with Gasteiger partial charge in [0.05, 0.1) is 11.3 Å². The van der Waals surface area contributed by atoms with Crippen molar-refractivity contribution in [2.45, 2.75) is 38.9 Å². The van der Waals surface area contributed by atoms with Crippen LogP contribution in [-0.2, 0) is 12.7 Å². The summed E-state index contributed by atoms with van der Waals surface area (Å²) in [5.41, 5.74) is -0.178. The lowest BCUT2D eigenvalue weighted by molar-refractivity contribution is -0.137. The molecule has 1 N–H and O–H groups in total. The van der Waals surface area contributed by atoms with Crippen molar-refractivity contribution in [2.24, 2.45) is 0 Å². The van der Waals surface area contributed by atoms with Crippen molar-refractivity contribution >= 4 is 23.2 Å². The summed E-state index contributed by atoms with van der Waals surface area (Å²) in [6.07, 6.45) is -0.260. The molecule has 0 aliphatic carbocycles. The van der Waals surface area contributed by atoms with Crippen LogP contribution >= 0.6 is 11.6 Å². The highest BCUT2D eigenvalue weighted by molar-refractivity contribution is 6.30. The molecule has 32 heavy (non-hydrogen) atoms. The molecule has 0 aliphatic rings. The first-order chi connectivity index (χ1) is 15.2. The van der Waals surface area contributed by atoms with Crippen molar-refractivity contribution in [3.63, 3.8) is 0 Å². The molecule has 0 atom stereocenters. The second-order valence-electron chi connectivity index (χ2n) is 7.38. The zero-order valence-electron chi connectivity index (χ0n) is 17.4. The van der Waals surface area contributed by atoms with Gasteiger partial charge in [-0.05, 0) is 42.3 Å². The number of aryl methyl sites for hydroxylation is 1. The molecule has 0 spiro atoms. The molecule has 0 fully saturated rings. The van der Waals surface area contributed by atoms with Crippen LogP contribution in [0.1, 0.15) is 42.1 Å². The quantitative estimate of drug-likeness (QED) is 0.400. The van der Waals surface area contributed by atoms with E-state index in [0.29, 0.717) is 17.3 Å². The predicted molar refractivity (Wildman–Crippen MR) is 120 cm³/mol. The number of anilines is 1. The Bertz CT molecular complexity index is 1160. The Labute approximate surface area is 188 Å². The first-order valence-electron chi connectivity index (χ1n) is 10.2. The van der Waals surface area contributed by atoms with Crippen LogP contribution in [0.25, 0.3) is 11.3 Å². The number of hydrogen-bond donors (Lipinski definition) is 1. The van der Waals surface area contributed by atoms with Crippen LogP contribution in [0.5, 0.6) is 0 Å². The number of benzene rings is 2. The fourth-order valence-electron chi connectivity index (χ4n) is 3.30. The van der Waals surface area contributed by atoms with Crippen molar-refractivity contribution in [1.29, 1.82) is 0 Å². The van der Waals surface area contributed by atoms with Crippen molar-refractivity contribution in [1.82, 2.24) is 4.57 Å². The minimum Gasteiger partial charge on any atom is -0.346 e. The number of unbranched alkanes of at least 4 members (excludes halogenated alkanes) is 2. The molecule has 0 saturated heterocycles. The summed E-state index contributed by atoms with van der Waals surface area (Å²) in [6.45, 7) is 2.65. The Hall–Kier alpha value is -3.06. The Morgan fingerprint density at radius 2 is 1.78 bits per heavy atom. The molecule has 0 bridgehead atoms. The van der Waals surface area contributed by atoms with E-state index in [1.807, 2.05) is 4.57 Å². The van der Waals surface area contributed by atoms with Gasteiger partial charge in [-0.15, -0.1) is 0 Å². The molecule has 1 heterocycles. The van der Waals surface area contributed by atoms with E-state index in [1.54, 1.807) is 24.3 Å². The summed E-state index contributed by atoms with van der Waals surface area (Å²) in [5, 5.41) is 2.96. The van der Waals surface area contributed by atoms with E-state index < -0.39 is 23.1 Å². The molecule has 0 saturated carbocycles. The van der Waals surface area contributed by atoms with E-state index in [2.05, 4.69) is 12.2 Å². The standard InChI is InChI=1S/C24H22ClF3N2O2/c1-2-3-4-12-30-15-20(22(31)14-21(30)16-8-10-18(25)11-9-16)23(32)29-19-7-5-6-17(13-19)24(26,27)28/h5-11,13-15H,2-4,12H2,1H3,(H,29,32). The lowest BCUT2D eigenvalue weighted by Crippen LogP contribution is -2.24. The summed E-state index contributed by atoms with van der Waals surface area (Å²) in [7, 11) is 0. The Kier molecular flexibility index (Phi) is 7.40. The number of pyridine rings is 1. The van der Waals surface area contributed by atoms with Gasteiger partial charge in [-0.2, -0.15) is 13.2 Å². The van der Waals surface area contributed by atoms with Gasteiger partial charge in [0.15, 0.2) is 5.43 Å². The molecule has 1 amide bonds. The van der Waals surface area contributed by atoms with Gasteiger partial charge in [0, 0.05) is 29.5 Å². The van der Waals surface area contributed by atoms with E-state index in [4.69, 9.17) is 11.6 Å². The minimum absolute atomic E-state index is 0.0384. The topological polar surface area (TPSA) is 51.1 Å². The molecular formula is C24H22ClF3N2O2. The number of hydrogen-bond acceptors (Lipinski definition) is 2. The maximum atomic E-state index is 12.9. The monoisotopic (exact) mass is 462 g/mol. The molecular weight excluding hydrogens is 441 g/mol. The van der Waals surface area contributed by atoms with Crippen molar-refractivity contribution < 1.29 is 18.0 Å². The van der Waals surface area contributed by atoms with E-state index in [1.165, 1.54) is 24.4 Å². The number of rotatable bonds is 7. The Morgan fingerprint density at radius 3 is 2.44 bits per heavy atom.